The number of benzene rings is 1. The summed E-state index contributed by atoms with van der Waals surface area (Å²) in [6, 6.07) is 5.57. The Morgan fingerprint density at radius 2 is 2.11 bits per heavy atom. The fraction of sp³-hybridized carbons (Fsp3) is 0.480. The topological polar surface area (TPSA) is 100 Å². The number of hydrogen-bond acceptors (Lipinski definition) is 6. The predicted molar refractivity (Wildman–Crippen MR) is 140 cm³/mol. The molecular weight excluding hydrogens is 486 g/mol. The molecule has 1 atom stereocenters. The number of carbonyl (C=O) groups excluding carboxylic acids is 1. The van der Waals surface area contributed by atoms with Gasteiger partial charge in [-0.25, -0.2) is 4.98 Å². The molecule has 1 amide bonds. The summed E-state index contributed by atoms with van der Waals surface area (Å²) in [5.74, 6) is 1.79. The number of piperidine rings is 1. The first kappa shape index (κ1) is 25.8. The summed E-state index contributed by atoms with van der Waals surface area (Å²) in [6.07, 6.45) is 5.06. The summed E-state index contributed by atoms with van der Waals surface area (Å²) < 4.78 is 19.4. The molecule has 2 aliphatic rings. The second-order valence-corrected chi connectivity index (χ2v) is 11.0. The highest BCUT2D eigenvalue weighted by Gasteiger charge is 2.51. The van der Waals surface area contributed by atoms with Gasteiger partial charge in [0.25, 0.3) is 0 Å². The lowest BCUT2D eigenvalue weighted by atomic mass is 9.73. The van der Waals surface area contributed by atoms with Gasteiger partial charge in [0.15, 0.2) is 0 Å². The van der Waals surface area contributed by atoms with Crippen molar-refractivity contribution in [3.63, 3.8) is 0 Å². The Balaban J connectivity index is 1.65. The van der Waals surface area contributed by atoms with Crippen molar-refractivity contribution in [2.24, 2.45) is 5.41 Å². The molecule has 4 rings (SSSR count). The van der Waals surface area contributed by atoms with E-state index in [0.717, 1.165) is 29.7 Å². The predicted octanol–water partition coefficient (Wildman–Crippen LogP) is 3.28. The molecule has 1 aromatic heterocycles. The number of fused-ring (bicyclic) bond motifs is 1. The van der Waals surface area contributed by atoms with Crippen molar-refractivity contribution >= 4 is 45.6 Å². The molecule has 8 nitrogen and oxygen atoms in total. The van der Waals surface area contributed by atoms with Crippen molar-refractivity contribution in [2.45, 2.75) is 32.4 Å². The highest BCUT2D eigenvalue weighted by atomic mass is 35.5. The zero-order chi connectivity index (χ0) is 25.0. The first-order valence-electron chi connectivity index (χ1n) is 11.8. The number of halogens is 1. The number of aryl methyl sites for hydroxylation is 1. The first-order chi connectivity index (χ1) is 16.9. The van der Waals surface area contributed by atoms with E-state index in [1.165, 1.54) is 6.21 Å². The molecule has 2 aromatic rings. The van der Waals surface area contributed by atoms with Crippen molar-refractivity contribution in [3.05, 3.63) is 53.0 Å². The lowest BCUT2D eigenvalue weighted by Crippen LogP contribution is -2.44. The van der Waals surface area contributed by atoms with E-state index in [-0.39, 0.29) is 12.5 Å². The van der Waals surface area contributed by atoms with Gasteiger partial charge in [-0.2, -0.15) is 0 Å². The first-order valence-corrected chi connectivity index (χ1v) is 13.7. The molecule has 1 fully saturated rings. The number of hydrogen-bond donors (Lipinski definition) is 2. The van der Waals surface area contributed by atoms with E-state index in [2.05, 4.69) is 16.5 Å². The van der Waals surface area contributed by atoms with Crippen LogP contribution >= 0.6 is 11.6 Å². The molecule has 1 spiro atoms. The molecule has 0 radical (unpaired) electrons. The lowest BCUT2D eigenvalue weighted by molar-refractivity contribution is -0.137. The van der Waals surface area contributed by atoms with Gasteiger partial charge in [0.05, 0.1) is 35.3 Å². The number of rotatable bonds is 11. The molecule has 35 heavy (non-hydrogen) atoms. The summed E-state index contributed by atoms with van der Waals surface area (Å²) in [4.78, 5) is 20.3. The van der Waals surface area contributed by atoms with Crippen LogP contribution in [-0.2, 0) is 33.4 Å². The number of ether oxygens (including phenoxy) is 1. The van der Waals surface area contributed by atoms with Crippen molar-refractivity contribution in [1.29, 1.82) is 5.41 Å². The summed E-state index contributed by atoms with van der Waals surface area (Å²) in [7, 11) is 0.651. The number of carbonyl (C=O) groups is 1. The summed E-state index contributed by atoms with van der Waals surface area (Å²) in [6.45, 7) is 6.80. The second kappa shape index (κ2) is 11.2. The Labute approximate surface area is 213 Å². The van der Waals surface area contributed by atoms with E-state index >= 15 is 0 Å². The molecule has 2 aliphatic heterocycles. The maximum absolute atomic E-state index is 13.8. The Bertz CT molecular complexity index is 1190. The fourth-order valence-electron chi connectivity index (χ4n) is 5.15. The van der Waals surface area contributed by atoms with Crippen molar-refractivity contribution in [2.75, 3.05) is 38.3 Å². The molecule has 3 heterocycles. The molecule has 1 saturated heterocycles. The number of aromatic nitrogens is 2. The average molecular weight is 518 g/mol. The minimum absolute atomic E-state index is 0.00436. The second-order valence-electron chi connectivity index (χ2n) is 8.88. The third-order valence-corrected chi connectivity index (χ3v) is 8.49. The molecule has 1 unspecified atom stereocenters. The van der Waals surface area contributed by atoms with Crippen molar-refractivity contribution in [1.82, 2.24) is 19.8 Å². The van der Waals surface area contributed by atoms with Crippen LogP contribution in [0.5, 0.6) is 0 Å². The summed E-state index contributed by atoms with van der Waals surface area (Å²) in [5.41, 5.74) is 2.45. The maximum atomic E-state index is 13.8. The third-order valence-electron chi connectivity index (χ3n) is 6.89. The van der Waals surface area contributed by atoms with E-state index in [4.69, 9.17) is 26.7 Å². The van der Waals surface area contributed by atoms with Crippen LogP contribution in [0.15, 0.2) is 42.1 Å². The fourth-order valence-corrected chi connectivity index (χ4v) is 6.32. The number of imidazole rings is 1. The van der Waals surface area contributed by atoms with E-state index in [9.17, 15) is 9.00 Å². The highest BCUT2D eigenvalue weighted by molar-refractivity contribution is 7.84. The van der Waals surface area contributed by atoms with Gasteiger partial charge in [0, 0.05) is 47.2 Å². The van der Waals surface area contributed by atoms with Crippen molar-refractivity contribution < 1.29 is 13.7 Å². The number of nitrogens with one attached hydrogen (secondary N) is 2. The number of methoxy groups -OCH3 is 1. The highest BCUT2D eigenvalue weighted by Crippen LogP contribution is 2.47. The standard InChI is InChI=1S/C25H32ClN5O3S/c1-3-19-22(16-27)31(24(32)25(19)7-9-28-10-8-25)17-23-29-20-15-18(26)5-6-21(20)30(23)11-4-13-35(33)14-12-34-2/h3,5-6,15-16,27-28H,1,4,7-14,17H2,2H3. The van der Waals surface area contributed by atoms with Crippen LogP contribution in [0.25, 0.3) is 11.0 Å². The van der Waals surface area contributed by atoms with Gasteiger partial charge in [-0.3, -0.25) is 9.00 Å². The van der Waals surface area contributed by atoms with Crippen LogP contribution in [0, 0.1) is 10.8 Å². The zero-order valence-electron chi connectivity index (χ0n) is 20.0. The van der Waals surface area contributed by atoms with Crippen molar-refractivity contribution in [3.8, 4) is 0 Å². The van der Waals surface area contributed by atoms with Crippen LogP contribution in [-0.4, -0.2) is 69.1 Å². The number of amides is 1. The Morgan fingerprint density at radius 3 is 2.80 bits per heavy atom. The Morgan fingerprint density at radius 1 is 1.34 bits per heavy atom. The minimum atomic E-state index is -0.954. The van der Waals surface area contributed by atoms with Crippen LogP contribution in [0.4, 0.5) is 0 Å². The SMILES string of the molecule is C=CC1=C(C=N)N(Cc2nc3cc(Cl)ccc3n2CCCS(=O)CCOC)C(=O)C12CCNCC2. The van der Waals surface area contributed by atoms with Gasteiger partial charge in [-0.05, 0) is 56.1 Å². The van der Waals surface area contributed by atoms with Crippen LogP contribution in [0.3, 0.4) is 0 Å². The Kier molecular flexibility index (Phi) is 8.21. The van der Waals surface area contributed by atoms with E-state index < -0.39 is 16.2 Å². The molecule has 2 N–H and O–H groups in total. The van der Waals surface area contributed by atoms with Gasteiger partial charge in [-0.15, -0.1) is 0 Å². The summed E-state index contributed by atoms with van der Waals surface area (Å²) in [5, 5.41) is 12.0. The Hall–Kier alpha value is -2.33. The molecule has 0 bridgehead atoms. The van der Waals surface area contributed by atoms with Crippen LogP contribution < -0.4 is 5.32 Å². The largest absolute Gasteiger partial charge is 0.384 e. The summed E-state index contributed by atoms with van der Waals surface area (Å²) >= 11 is 6.23. The molecule has 188 valence electrons. The quantitative estimate of drug-likeness (QED) is 0.445. The molecular formula is C25H32ClN5O3S. The van der Waals surface area contributed by atoms with E-state index in [1.807, 2.05) is 18.2 Å². The smallest absolute Gasteiger partial charge is 0.238 e. The monoisotopic (exact) mass is 517 g/mol. The van der Waals surface area contributed by atoms with E-state index in [0.29, 0.717) is 60.5 Å². The normalized spacial score (nSPS) is 18.6. The van der Waals surface area contributed by atoms with Gasteiger partial charge in [0.2, 0.25) is 5.91 Å². The maximum Gasteiger partial charge on any atom is 0.238 e. The van der Waals surface area contributed by atoms with Gasteiger partial charge in [0.1, 0.15) is 5.82 Å². The van der Waals surface area contributed by atoms with Gasteiger partial charge < -0.3 is 24.9 Å². The van der Waals surface area contributed by atoms with Crippen LogP contribution in [0.2, 0.25) is 5.02 Å². The zero-order valence-corrected chi connectivity index (χ0v) is 21.6. The third kappa shape index (κ3) is 5.00. The van der Waals surface area contributed by atoms with Crippen LogP contribution in [0.1, 0.15) is 25.1 Å². The van der Waals surface area contributed by atoms with Gasteiger partial charge >= 0.3 is 0 Å². The van der Waals surface area contributed by atoms with Gasteiger partial charge in [-0.1, -0.05) is 24.3 Å². The molecule has 1 aromatic carbocycles. The minimum Gasteiger partial charge on any atom is -0.384 e. The number of nitrogens with zero attached hydrogens (tertiary/aromatic N) is 3. The van der Waals surface area contributed by atoms with E-state index in [1.54, 1.807) is 18.1 Å². The molecule has 0 aliphatic carbocycles. The molecule has 0 saturated carbocycles. The average Bonchev–Trinajstić information content (AvgIpc) is 3.30. The number of allylic oxidation sites excluding steroid dienone is 2. The molecule has 10 heteroatoms. The lowest BCUT2D eigenvalue weighted by Gasteiger charge is -2.34.